The molecule has 1 N–H and O–H groups in total. The van der Waals surface area contributed by atoms with Crippen LogP contribution in [0.1, 0.15) is 42.5 Å². The number of nitrogens with zero attached hydrogens (tertiary/aromatic N) is 1. The first-order valence-electron chi connectivity index (χ1n) is 6.81. The van der Waals surface area contributed by atoms with Gasteiger partial charge >= 0.3 is 12.1 Å². The molecular weight excluding hydrogens is 313 g/mol. The lowest BCUT2D eigenvalue weighted by atomic mass is 9.86. The Balaban J connectivity index is 3.08. The molecule has 0 aromatic carbocycles. The van der Waals surface area contributed by atoms with Crippen molar-refractivity contribution in [3.63, 3.8) is 0 Å². The van der Waals surface area contributed by atoms with Gasteiger partial charge in [-0.2, -0.15) is 13.2 Å². The lowest BCUT2D eigenvalue weighted by Gasteiger charge is -2.29. The van der Waals surface area contributed by atoms with E-state index in [1.54, 1.807) is 20.8 Å². The number of carbonyl (C=O) groups is 2. The number of methoxy groups -OCH3 is 1. The van der Waals surface area contributed by atoms with E-state index in [1.165, 1.54) is 14.0 Å². The van der Waals surface area contributed by atoms with Gasteiger partial charge in [0.25, 0.3) is 5.91 Å². The molecule has 1 rings (SSSR count). The second kappa shape index (κ2) is 6.55. The highest BCUT2D eigenvalue weighted by Gasteiger charge is 2.35. The lowest BCUT2D eigenvalue weighted by Crippen LogP contribution is -2.49. The summed E-state index contributed by atoms with van der Waals surface area (Å²) < 4.78 is 42.4. The number of aryl methyl sites for hydroxylation is 1. The molecule has 0 bridgehead atoms. The Hall–Kier alpha value is -2.12. The van der Waals surface area contributed by atoms with Crippen LogP contribution in [0.3, 0.4) is 0 Å². The van der Waals surface area contributed by atoms with Gasteiger partial charge in [0.1, 0.15) is 11.7 Å². The zero-order valence-corrected chi connectivity index (χ0v) is 13.5. The highest BCUT2D eigenvalue weighted by molar-refractivity contribution is 5.97. The highest BCUT2D eigenvalue weighted by Crippen LogP contribution is 2.28. The second-order valence-electron chi connectivity index (χ2n) is 6.12. The number of hydrogen-bond acceptors (Lipinski definition) is 4. The van der Waals surface area contributed by atoms with E-state index < -0.39 is 35.2 Å². The van der Waals surface area contributed by atoms with Gasteiger partial charge in [0.15, 0.2) is 0 Å². The minimum atomic E-state index is -4.58. The zero-order valence-electron chi connectivity index (χ0n) is 13.5. The first-order chi connectivity index (χ1) is 10.4. The molecule has 0 aliphatic rings. The van der Waals surface area contributed by atoms with Gasteiger partial charge in [-0.15, -0.1) is 0 Å². The average Bonchev–Trinajstić information content (AvgIpc) is 2.41. The van der Waals surface area contributed by atoms with Crippen LogP contribution in [-0.4, -0.2) is 30.0 Å². The summed E-state index contributed by atoms with van der Waals surface area (Å²) in [5.41, 5.74) is -1.81. The number of aromatic nitrogens is 1. The Labute approximate surface area is 132 Å². The summed E-state index contributed by atoms with van der Waals surface area (Å²) in [6, 6.07) is 0.825. The summed E-state index contributed by atoms with van der Waals surface area (Å²) in [5, 5.41) is 2.49. The maximum absolute atomic E-state index is 12.6. The first kappa shape index (κ1) is 18.9. The topological polar surface area (TPSA) is 68.3 Å². The van der Waals surface area contributed by atoms with Crippen LogP contribution >= 0.6 is 0 Å². The number of rotatable bonds is 3. The number of halogens is 3. The summed E-state index contributed by atoms with van der Waals surface area (Å²) in [5.74, 6) is -1.32. The molecule has 0 fully saturated rings. The standard InChI is InChI=1S/C15H19F3N2O3/c1-8-9(6-7-10(19-8)15(16,17)18)12(21)20-11(13(22)23-5)14(2,3)4/h6-7,11H,1-5H3,(H,20,21)/t11-/m0/s1. The molecule has 1 aromatic heterocycles. The Morgan fingerprint density at radius 2 is 1.78 bits per heavy atom. The van der Waals surface area contributed by atoms with Crippen molar-refractivity contribution in [2.75, 3.05) is 7.11 Å². The fourth-order valence-corrected chi connectivity index (χ4v) is 1.91. The number of ether oxygens (including phenoxy) is 1. The molecule has 0 saturated carbocycles. The molecule has 1 amide bonds. The molecule has 0 aliphatic carbocycles. The Kier molecular flexibility index (Phi) is 5.39. The third-order valence-corrected chi connectivity index (χ3v) is 3.20. The van der Waals surface area contributed by atoms with Crippen molar-refractivity contribution in [2.45, 2.75) is 39.9 Å². The van der Waals surface area contributed by atoms with Crippen molar-refractivity contribution in [2.24, 2.45) is 5.41 Å². The number of nitrogens with one attached hydrogen (secondary N) is 1. The number of alkyl halides is 3. The van der Waals surface area contributed by atoms with E-state index in [4.69, 9.17) is 0 Å². The van der Waals surface area contributed by atoms with Gasteiger partial charge in [-0.1, -0.05) is 20.8 Å². The molecule has 0 unspecified atom stereocenters. The molecule has 0 saturated heterocycles. The van der Waals surface area contributed by atoms with E-state index in [0.29, 0.717) is 0 Å². The fraction of sp³-hybridized carbons (Fsp3) is 0.533. The maximum atomic E-state index is 12.6. The van der Waals surface area contributed by atoms with Crippen molar-refractivity contribution in [1.29, 1.82) is 0 Å². The van der Waals surface area contributed by atoms with E-state index in [-0.39, 0.29) is 11.3 Å². The van der Waals surface area contributed by atoms with E-state index >= 15 is 0 Å². The van der Waals surface area contributed by atoms with Gasteiger partial charge in [-0.25, -0.2) is 9.78 Å². The van der Waals surface area contributed by atoms with Gasteiger partial charge in [-0.05, 0) is 24.5 Å². The molecule has 23 heavy (non-hydrogen) atoms. The Morgan fingerprint density at radius 3 is 2.17 bits per heavy atom. The van der Waals surface area contributed by atoms with Crippen molar-refractivity contribution in [3.8, 4) is 0 Å². The normalized spacial score (nSPS) is 13.4. The van der Waals surface area contributed by atoms with Crippen molar-refractivity contribution in [1.82, 2.24) is 10.3 Å². The van der Waals surface area contributed by atoms with Crippen LogP contribution in [0, 0.1) is 12.3 Å². The molecule has 8 heteroatoms. The summed E-state index contributed by atoms with van der Waals surface area (Å²) in [4.78, 5) is 27.5. The highest BCUT2D eigenvalue weighted by atomic mass is 19.4. The SMILES string of the molecule is COC(=O)[C@H](NC(=O)c1ccc(C(F)(F)F)nc1C)C(C)(C)C. The molecule has 0 spiro atoms. The Bertz CT molecular complexity index is 607. The van der Waals surface area contributed by atoms with Crippen molar-refractivity contribution in [3.05, 3.63) is 29.1 Å². The van der Waals surface area contributed by atoms with Crippen LogP contribution in [0.25, 0.3) is 0 Å². The van der Waals surface area contributed by atoms with Crippen LogP contribution in [-0.2, 0) is 15.7 Å². The second-order valence-corrected chi connectivity index (χ2v) is 6.12. The van der Waals surface area contributed by atoms with Crippen LogP contribution in [0.15, 0.2) is 12.1 Å². The average molecular weight is 332 g/mol. The van der Waals surface area contributed by atoms with Gasteiger partial charge in [0.05, 0.1) is 18.4 Å². The number of esters is 1. The zero-order chi connectivity index (χ0) is 18.0. The molecule has 128 valence electrons. The van der Waals surface area contributed by atoms with Gasteiger partial charge in [0.2, 0.25) is 0 Å². The molecule has 1 heterocycles. The van der Waals surface area contributed by atoms with Crippen LogP contribution in [0.4, 0.5) is 13.2 Å². The van der Waals surface area contributed by atoms with Crippen molar-refractivity contribution < 1.29 is 27.5 Å². The minimum Gasteiger partial charge on any atom is -0.467 e. The summed E-state index contributed by atoms with van der Waals surface area (Å²) in [6.07, 6.45) is -4.58. The number of amides is 1. The largest absolute Gasteiger partial charge is 0.467 e. The number of carbonyl (C=O) groups excluding carboxylic acids is 2. The van der Waals surface area contributed by atoms with Gasteiger partial charge in [-0.3, -0.25) is 4.79 Å². The quantitative estimate of drug-likeness (QED) is 0.864. The predicted octanol–water partition coefficient (Wildman–Crippen LogP) is 2.73. The van der Waals surface area contributed by atoms with Gasteiger partial charge in [0, 0.05) is 0 Å². The lowest BCUT2D eigenvalue weighted by molar-refractivity contribution is -0.145. The summed E-state index contributed by atoms with van der Waals surface area (Å²) in [7, 11) is 1.19. The predicted molar refractivity (Wildman–Crippen MR) is 76.7 cm³/mol. The molecular formula is C15H19F3N2O3. The molecule has 5 nitrogen and oxygen atoms in total. The summed E-state index contributed by atoms with van der Waals surface area (Å²) >= 11 is 0. The molecule has 1 aromatic rings. The third kappa shape index (κ3) is 4.67. The molecule has 0 aliphatic heterocycles. The van der Waals surface area contributed by atoms with E-state index in [1.807, 2.05) is 0 Å². The number of hydrogen-bond donors (Lipinski definition) is 1. The fourth-order valence-electron chi connectivity index (χ4n) is 1.91. The van der Waals surface area contributed by atoms with Crippen LogP contribution in [0.2, 0.25) is 0 Å². The monoisotopic (exact) mass is 332 g/mol. The minimum absolute atomic E-state index is 0.0313. The molecule has 1 atom stereocenters. The van der Waals surface area contributed by atoms with Crippen molar-refractivity contribution >= 4 is 11.9 Å². The van der Waals surface area contributed by atoms with E-state index in [9.17, 15) is 22.8 Å². The maximum Gasteiger partial charge on any atom is 0.433 e. The van der Waals surface area contributed by atoms with Gasteiger partial charge < -0.3 is 10.1 Å². The summed E-state index contributed by atoms with van der Waals surface area (Å²) in [6.45, 7) is 6.49. The van der Waals surface area contributed by atoms with Crippen LogP contribution in [0.5, 0.6) is 0 Å². The number of pyridine rings is 1. The smallest absolute Gasteiger partial charge is 0.433 e. The molecule has 0 radical (unpaired) electrons. The van der Waals surface area contributed by atoms with E-state index in [2.05, 4.69) is 15.0 Å². The van der Waals surface area contributed by atoms with Crippen LogP contribution < -0.4 is 5.32 Å². The Morgan fingerprint density at radius 1 is 1.22 bits per heavy atom. The first-order valence-corrected chi connectivity index (χ1v) is 6.81. The third-order valence-electron chi connectivity index (χ3n) is 3.20. The van der Waals surface area contributed by atoms with E-state index in [0.717, 1.165) is 12.1 Å².